The lowest BCUT2D eigenvalue weighted by atomic mass is 9.84. The summed E-state index contributed by atoms with van der Waals surface area (Å²) in [4.78, 5) is 50.9. The second-order valence-electron chi connectivity index (χ2n) is 20.8. The number of fused-ring (bicyclic) bond motifs is 2. The zero-order valence-electron chi connectivity index (χ0n) is 44.0. The Morgan fingerprint density at radius 1 is 0.741 bits per heavy atom. The maximum Gasteiger partial charge on any atom is 0.336 e. The molecule has 6 aliphatic rings. The molecule has 29 heteroatoms. The highest BCUT2D eigenvalue weighted by Gasteiger charge is 2.55. The van der Waals surface area contributed by atoms with Crippen LogP contribution in [0.15, 0.2) is 63.8 Å². The third-order valence-corrected chi connectivity index (χ3v) is 17.1. The van der Waals surface area contributed by atoms with E-state index in [1.165, 1.54) is 66.0 Å². The monoisotopic (exact) mass is 1180 g/mol. The Labute approximate surface area is 472 Å². The lowest BCUT2D eigenvalue weighted by Crippen LogP contribution is -2.69. The van der Waals surface area contributed by atoms with Gasteiger partial charge in [0.15, 0.2) is 24.3 Å². The van der Waals surface area contributed by atoms with E-state index in [0.717, 1.165) is 0 Å². The normalized spacial score (nSPS) is 34.5. The number of carboxylic acid groups (broad SMARTS) is 1. The Balaban J connectivity index is 0.862. The molecule has 0 bridgehead atoms. The molecule has 4 aliphatic heterocycles. The number of carbonyl (C=O) groups excluding carboxylic acids is 2. The maximum atomic E-state index is 13.0. The number of phenols is 1. The summed E-state index contributed by atoms with van der Waals surface area (Å²) >= 11 is 2.48. The van der Waals surface area contributed by atoms with E-state index in [2.05, 4.69) is 10.6 Å². The molecular formula is C52H72N8O19S2. The summed E-state index contributed by atoms with van der Waals surface area (Å²) in [5.74, 6) is -1.37. The molecule has 19 atom stereocenters. The minimum Gasteiger partial charge on any atom is -0.508 e. The van der Waals surface area contributed by atoms with Crippen LogP contribution in [0.5, 0.6) is 5.75 Å². The molecule has 0 spiro atoms. The fourth-order valence-corrected chi connectivity index (χ4v) is 12.3. The number of carboxylic acids is 1. The standard InChI is InChI=1S/C52H72N8O19S2/c1-52(20-81-11-9-59-35(64)8-10-80-19-36(65)60-21-2-5-24(27(12-21)49(71)72)38-25-6-3-22(61)13-31(25)73-32-14-23(62)4-7-26(32)38)48(78-51-40(58)45(70)43(68)34(18-54)75-51)30(63)16-37(79-52)76-47-41(66)28(55)15-29(56)46(47)77-50-39(57)44(69)42(67)33(17-53)74-50/h2-7,12-14,28-30,33-34,37,39-48,50-51,61,63,66-70H,8-11,15-20,53-58H2,1H3,(H,59,64)(H,60,65)(H,71,72)/t28-,29?,30?,33?,34?,37-,39?,40?,41?,42-,43-,44?,45?,46-,47?,48?,50-,51-,52+/m1/s1. The van der Waals surface area contributed by atoms with Crippen LogP contribution < -0.4 is 50.5 Å². The summed E-state index contributed by atoms with van der Waals surface area (Å²) in [7, 11) is 0. The lowest BCUT2D eigenvalue weighted by Gasteiger charge is -2.51. The number of amides is 2. The molecule has 81 heavy (non-hydrogen) atoms. The van der Waals surface area contributed by atoms with Gasteiger partial charge >= 0.3 is 5.97 Å². The van der Waals surface area contributed by atoms with Crippen molar-refractivity contribution in [2.24, 2.45) is 34.4 Å². The van der Waals surface area contributed by atoms with Gasteiger partial charge in [-0.05, 0) is 55.3 Å². The van der Waals surface area contributed by atoms with E-state index >= 15 is 0 Å². The first kappa shape index (κ1) is 62.4. The van der Waals surface area contributed by atoms with Gasteiger partial charge in [0.1, 0.15) is 77.6 Å². The Morgan fingerprint density at radius 2 is 1.41 bits per heavy atom. The Morgan fingerprint density at radius 3 is 2.07 bits per heavy atom. The number of thioether (sulfide) groups is 2. The molecule has 4 fully saturated rings. The number of aliphatic hydroxyl groups excluding tert-OH is 6. The number of aliphatic hydroxyl groups is 6. The number of carbonyl (C=O) groups is 3. The third-order valence-electron chi connectivity index (χ3n) is 14.8. The number of hydrogen-bond donors (Lipinski definition) is 16. The van der Waals surface area contributed by atoms with E-state index in [1.54, 1.807) is 19.1 Å². The fourth-order valence-electron chi connectivity index (χ4n) is 10.5. The summed E-state index contributed by atoms with van der Waals surface area (Å²) in [6, 6.07) is 8.59. The van der Waals surface area contributed by atoms with Gasteiger partial charge in [-0.1, -0.05) is 6.07 Å². The van der Waals surface area contributed by atoms with Crippen molar-refractivity contribution in [1.82, 2.24) is 5.32 Å². The molecule has 2 aromatic rings. The third kappa shape index (κ3) is 14.1. The molecule has 3 saturated heterocycles. The summed E-state index contributed by atoms with van der Waals surface area (Å²) in [5, 5.41) is 92.2. The molecule has 1 saturated carbocycles. The van der Waals surface area contributed by atoms with Crippen LogP contribution >= 0.6 is 23.5 Å². The predicted molar refractivity (Wildman–Crippen MR) is 295 cm³/mol. The number of nitrogens with one attached hydrogen (secondary N) is 2. The van der Waals surface area contributed by atoms with Gasteiger partial charge in [0.2, 0.25) is 11.8 Å². The van der Waals surface area contributed by atoms with E-state index in [9.17, 15) is 60.0 Å². The number of ether oxygens (including phenoxy) is 6. The topological polar surface area (TPSA) is 479 Å². The van der Waals surface area contributed by atoms with Crippen LogP contribution in [0.25, 0.3) is 33.4 Å². The molecule has 4 heterocycles. The van der Waals surface area contributed by atoms with E-state index in [-0.39, 0.29) is 101 Å². The van der Waals surface area contributed by atoms with Crippen LogP contribution in [0.1, 0.15) is 36.5 Å². The van der Waals surface area contributed by atoms with E-state index in [4.69, 9.17) is 67.2 Å². The van der Waals surface area contributed by atoms with E-state index < -0.39 is 128 Å². The molecule has 446 valence electrons. The van der Waals surface area contributed by atoms with Crippen LogP contribution in [0.2, 0.25) is 0 Å². The van der Waals surface area contributed by atoms with Crippen molar-refractivity contribution in [3.05, 3.63) is 70.4 Å². The van der Waals surface area contributed by atoms with Gasteiger partial charge in [0.05, 0.1) is 35.6 Å². The van der Waals surface area contributed by atoms with Gasteiger partial charge in [-0.25, -0.2) is 4.79 Å². The first-order chi connectivity index (χ1) is 38.5. The second-order valence-corrected chi connectivity index (χ2v) is 23.0. The molecule has 27 nitrogen and oxygen atoms in total. The number of benzene rings is 3. The zero-order valence-corrected chi connectivity index (χ0v) is 45.6. The number of hydrogen-bond acceptors (Lipinski definition) is 26. The van der Waals surface area contributed by atoms with Gasteiger partial charge in [-0.15, -0.1) is 0 Å². The van der Waals surface area contributed by atoms with Gasteiger partial charge in [-0.2, -0.15) is 23.5 Å². The molecule has 2 aliphatic carbocycles. The smallest absolute Gasteiger partial charge is 0.336 e. The molecule has 8 rings (SSSR count). The Kier molecular flexibility index (Phi) is 20.7. The highest BCUT2D eigenvalue weighted by atomic mass is 32.2. The van der Waals surface area contributed by atoms with E-state index in [0.29, 0.717) is 22.3 Å². The predicted octanol–water partition coefficient (Wildman–Crippen LogP) is -3.21. The van der Waals surface area contributed by atoms with Crippen LogP contribution in [-0.2, 0) is 38.0 Å². The van der Waals surface area contributed by atoms with Gasteiger partial charge in [0.25, 0.3) is 0 Å². The van der Waals surface area contributed by atoms with Gasteiger partial charge in [0, 0.05) is 96.2 Å². The van der Waals surface area contributed by atoms with Crippen LogP contribution in [-0.4, -0.2) is 217 Å². The number of phenolic OH excluding ortho intramolecular Hbond substituents is 1. The zero-order chi connectivity index (χ0) is 58.6. The van der Waals surface area contributed by atoms with E-state index in [1.807, 2.05) is 0 Å². The average Bonchev–Trinajstić information content (AvgIpc) is 3.48. The molecular weight excluding hydrogens is 1100 g/mol. The van der Waals surface area contributed by atoms with Gasteiger partial charge < -0.3 is 119 Å². The Hall–Kier alpha value is -4.68. The number of nitrogens with two attached hydrogens (primary N) is 6. The largest absolute Gasteiger partial charge is 0.508 e. The molecule has 0 radical (unpaired) electrons. The molecule has 22 N–H and O–H groups in total. The first-order valence-corrected chi connectivity index (χ1v) is 28.6. The maximum absolute atomic E-state index is 13.0. The number of aromatic carboxylic acids is 1. The molecule has 0 aromatic heterocycles. The van der Waals surface area contributed by atoms with Crippen molar-refractivity contribution in [1.29, 1.82) is 0 Å². The summed E-state index contributed by atoms with van der Waals surface area (Å²) in [5.41, 5.74) is 36.6. The lowest BCUT2D eigenvalue weighted by molar-refractivity contribution is -0.354. The summed E-state index contributed by atoms with van der Waals surface area (Å²) < 4.78 is 43.0. The van der Waals surface area contributed by atoms with Crippen molar-refractivity contribution in [2.75, 3.05) is 48.0 Å². The SMILES string of the molecule is C[C@@]1(CSCCNC(=O)CCSCC(=O)Nc2ccc(-c3c4ccc(=O)cc-4oc4cc(O)ccc34)c(C(=O)O)c2)O[C@@H](OC2C(O)[C@H](N)CC(N)[C@H]2O[C@H]2OC(CN)[C@@H](O)C(O)C2N)CC(O)C1O[C@H]1OC(CN)[C@@H](O)C(O)C1N. The number of anilines is 1. The summed E-state index contributed by atoms with van der Waals surface area (Å²) in [6.45, 7) is 1.42. The highest BCUT2D eigenvalue weighted by Crippen LogP contribution is 2.43. The molecule has 2 amide bonds. The van der Waals surface area contributed by atoms with Crippen LogP contribution in [0.4, 0.5) is 5.69 Å². The fraction of sp³-hybridized carbons (Fsp3) is 0.577. The summed E-state index contributed by atoms with van der Waals surface area (Å²) in [6.07, 6.45) is -18.7. The Bertz CT molecular complexity index is 2860. The van der Waals surface area contributed by atoms with Crippen molar-refractivity contribution in [3.8, 4) is 28.2 Å². The number of rotatable bonds is 21. The highest BCUT2D eigenvalue weighted by molar-refractivity contribution is 8.00. The van der Waals surface area contributed by atoms with Crippen molar-refractivity contribution < 1.29 is 88.1 Å². The van der Waals surface area contributed by atoms with Gasteiger partial charge in [-0.3, -0.25) is 14.4 Å². The minimum atomic E-state index is -1.51. The first-order valence-electron chi connectivity index (χ1n) is 26.3. The minimum absolute atomic E-state index is 0.0469. The van der Waals surface area contributed by atoms with Crippen LogP contribution in [0, 0.1) is 0 Å². The van der Waals surface area contributed by atoms with Crippen molar-refractivity contribution >= 4 is 58.0 Å². The molecule has 11 unspecified atom stereocenters. The van der Waals surface area contributed by atoms with Crippen molar-refractivity contribution in [2.45, 2.75) is 142 Å². The molecule has 2 aromatic carbocycles. The van der Waals surface area contributed by atoms with Crippen molar-refractivity contribution in [3.63, 3.8) is 0 Å². The second kappa shape index (κ2) is 26.9. The average molecular weight is 1180 g/mol. The quantitative estimate of drug-likeness (QED) is 0.0288. The van der Waals surface area contributed by atoms with Crippen LogP contribution in [0.3, 0.4) is 0 Å². The number of aromatic hydroxyl groups is 1.